The minimum Gasteiger partial charge on any atom is -0.261 e. The fraction of sp³-hybridized carbons (Fsp3) is 0.320. The third kappa shape index (κ3) is 4.82. The van der Waals surface area contributed by atoms with Gasteiger partial charge in [0.1, 0.15) is 0 Å². The van der Waals surface area contributed by atoms with Crippen LogP contribution in [0.5, 0.6) is 0 Å². The Labute approximate surface area is 158 Å². The zero-order valence-electron chi connectivity index (χ0n) is 16.0. The lowest BCUT2D eigenvalue weighted by Gasteiger charge is -2.07. The van der Waals surface area contributed by atoms with Crippen molar-refractivity contribution in [1.82, 2.24) is 4.98 Å². The summed E-state index contributed by atoms with van der Waals surface area (Å²) in [7, 11) is 0. The van der Waals surface area contributed by atoms with Crippen molar-refractivity contribution in [3.05, 3.63) is 78.1 Å². The number of unbranched alkanes of at least 4 members (excludes halogenated alkanes) is 3. The van der Waals surface area contributed by atoms with Crippen molar-refractivity contribution in [2.45, 2.75) is 52.4 Å². The molecule has 0 N–H and O–H groups in total. The predicted molar refractivity (Wildman–Crippen MR) is 112 cm³/mol. The van der Waals surface area contributed by atoms with Crippen molar-refractivity contribution in [2.24, 2.45) is 0 Å². The molecule has 0 aliphatic carbocycles. The van der Waals surface area contributed by atoms with Gasteiger partial charge in [-0.25, -0.2) is 0 Å². The molecule has 0 spiro atoms. The van der Waals surface area contributed by atoms with Crippen molar-refractivity contribution in [2.75, 3.05) is 0 Å². The lowest BCUT2D eigenvalue weighted by atomic mass is 9.99. The maximum absolute atomic E-state index is 4.65. The van der Waals surface area contributed by atoms with Crippen LogP contribution in [0.15, 0.2) is 66.9 Å². The second kappa shape index (κ2) is 9.33. The van der Waals surface area contributed by atoms with E-state index in [0.29, 0.717) is 0 Å². The molecule has 2 aromatic carbocycles. The Morgan fingerprint density at radius 3 is 1.73 bits per heavy atom. The van der Waals surface area contributed by atoms with E-state index in [2.05, 4.69) is 79.5 Å². The Kier molecular flexibility index (Phi) is 6.60. The second-order valence-electron chi connectivity index (χ2n) is 6.98. The molecule has 3 aromatic rings. The van der Waals surface area contributed by atoms with E-state index in [4.69, 9.17) is 0 Å². The van der Waals surface area contributed by atoms with E-state index in [0.717, 1.165) is 12.8 Å². The third-order valence-electron chi connectivity index (χ3n) is 5.02. The first-order valence-corrected chi connectivity index (χ1v) is 9.95. The molecule has 0 unspecified atom stereocenters. The average Bonchev–Trinajstić information content (AvgIpc) is 2.72. The summed E-state index contributed by atoms with van der Waals surface area (Å²) in [6, 6.07) is 22.0. The zero-order chi connectivity index (χ0) is 18.2. The van der Waals surface area contributed by atoms with Gasteiger partial charge in [-0.3, -0.25) is 4.98 Å². The largest absolute Gasteiger partial charge is 0.261 e. The Morgan fingerprint density at radius 2 is 1.19 bits per heavy atom. The summed E-state index contributed by atoms with van der Waals surface area (Å²) in [5.74, 6) is 0. The van der Waals surface area contributed by atoms with Gasteiger partial charge in [-0.2, -0.15) is 0 Å². The fourth-order valence-corrected chi connectivity index (χ4v) is 3.26. The molecule has 26 heavy (non-hydrogen) atoms. The minimum absolute atomic E-state index is 1.08. The van der Waals surface area contributed by atoms with E-state index in [1.54, 1.807) is 0 Å². The molecule has 0 atom stereocenters. The summed E-state index contributed by atoms with van der Waals surface area (Å²) in [5, 5.41) is 0. The van der Waals surface area contributed by atoms with Crippen molar-refractivity contribution in [1.29, 1.82) is 0 Å². The standard InChI is InChI=1S/C25H29N/c1-3-5-6-7-8-25-18-17-24(19-26-25)23-15-13-22(14-16-23)21-11-9-20(4-2)10-12-21/h9-19H,3-8H2,1-2H3. The van der Waals surface area contributed by atoms with Crippen molar-refractivity contribution >= 4 is 0 Å². The Hall–Kier alpha value is -2.41. The molecule has 1 aromatic heterocycles. The highest BCUT2D eigenvalue weighted by molar-refractivity contribution is 5.70. The molecular weight excluding hydrogens is 314 g/mol. The zero-order valence-corrected chi connectivity index (χ0v) is 16.0. The molecule has 0 radical (unpaired) electrons. The number of benzene rings is 2. The summed E-state index contributed by atoms with van der Waals surface area (Å²) in [5.41, 5.74) is 7.54. The van der Waals surface area contributed by atoms with E-state index < -0.39 is 0 Å². The highest BCUT2D eigenvalue weighted by Gasteiger charge is 2.02. The van der Waals surface area contributed by atoms with Gasteiger partial charge in [0.25, 0.3) is 0 Å². The van der Waals surface area contributed by atoms with E-state index in [1.165, 1.54) is 59.2 Å². The predicted octanol–water partition coefficient (Wildman–Crippen LogP) is 7.10. The van der Waals surface area contributed by atoms with Crippen LogP contribution in [0.25, 0.3) is 22.3 Å². The molecule has 0 saturated carbocycles. The number of hydrogen-bond donors (Lipinski definition) is 0. The number of hydrogen-bond acceptors (Lipinski definition) is 1. The van der Waals surface area contributed by atoms with Gasteiger partial charge in [-0.05, 0) is 47.6 Å². The molecule has 0 aliphatic rings. The monoisotopic (exact) mass is 343 g/mol. The number of aromatic nitrogens is 1. The molecule has 0 bridgehead atoms. The fourth-order valence-electron chi connectivity index (χ4n) is 3.26. The van der Waals surface area contributed by atoms with E-state index in [-0.39, 0.29) is 0 Å². The molecule has 1 heteroatoms. The van der Waals surface area contributed by atoms with Gasteiger partial charge in [-0.15, -0.1) is 0 Å². The Morgan fingerprint density at radius 1 is 0.615 bits per heavy atom. The van der Waals surface area contributed by atoms with Crippen molar-refractivity contribution in [3.63, 3.8) is 0 Å². The summed E-state index contributed by atoms with van der Waals surface area (Å²) in [6.07, 6.45) is 9.34. The van der Waals surface area contributed by atoms with Gasteiger partial charge in [0.05, 0.1) is 0 Å². The molecule has 0 fully saturated rings. The average molecular weight is 344 g/mol. The minimum atomic E-state index is 1.08. The Bertz CT molecular complexity index is 783. The lowest BCUT2D eigenvalue weighted by Crippen LogP contribution is -1.91. The summed E-state index contributed by atoms with van der Waals surface area (Å²) < 4.78 is 0. The third-order valence-corrected chi connectivity index (χ3v) is 5.02. The number of nitrogens with zero attached hydrogens (tertiary/aromatic N) is 1. The van der Waals surface area contributed by atoms with Gasteiger partial charge < -0.3 is 0 Å². The number of aryl methyl sites for hydroxylation is 2. The molecule has 1 nitrogen and oxygen atoms in total. The van der Waals surface area contributed by atoms with Gasteiger partial charge in [0.2, 0.25) is 0 Å². The van der Waals surface area contributed by atoms with E-state index >= 15 is 0 Å². The maximum atomic E-state index is 4.65. The first-order chi connectivity index (χ1) is 12.8. The van der Waals surface area contributed by atoms with Crippen LogP contribution in [0, 0.1) is 0 Å². The summed E-state index contributed by atoms with van der Waals surface area (Å²) in [4.78, 5) is 4.65. The van der Waals surface area contributed by atoms with Crippen LogP contribution in [0.2, 0.25) is 0 Å². The first kappa shape index (κ1) is 18.4. The number of rotatable bonds is 8. The molecule has 0 amide bonds. The topological polar surface area (TPSA) is 12.9 Å². The summed E-state index contributed by atoms with van der Waals surface area (Å²) >= 11 is 0. The normalized spacial score (nSPS) is 10.8. The van der Waals surface area contributed by atoms with Crippen LogP contribution in [0.1, 0.15) is 50.8 Å². The van der Waals surface area contributed by atoms with Crippen molar-refractivity contribution in [3.8, 4) is 22.3 Å². The second-order valence-corrected chi connectivity index (χ2v) is 6.98. The van der Waals surface area contributed by atoms with Gasteiger partial charge in [-0.1, -0.05) is 87.7 Å². The smallest absolute Gasteiger partial charge is 0.0404 e. The van der Waals surface area contributed by atoms with Crippen molar-refractivity contribution < 1.29 is 0 Å². The highest BCUT2D eigenvalue weighted by Crippen LogP contribution is 2.25. The molecule has 3 rings (SSSR count). The quantitative estimate of drug-likeness (QED) is 0.397. The van der Waals surface area contributed by atoms with Crippen LogP contribution in [-0.4, -0.2) is 4.98 Å². The molecule has 0 saturated heterocycles. The van der Waals surface area contributed by atoms with Crippen LogP contribution in [0.4, 0.5) is 0 Å². The maximum Gasteiger partial charge on any atom is 0.0404 e. The van der Waals surface area contributed by atoms with E-state index in [9.17, 15) is 0 Å². The summed E-state index contributed by atoms with van der Waals surface area (Å²) in [6.45, 7) is 4.44. The molecule has 134 valence electrons. The van der Waals surface area contributed by atoms with Gasteiger partial charge in [0, 0.05) is 17.5 Å². The number of pyridine rings is 1. The molecule has 0 aliphatic heterocycles. The molecular formula is C25H29N. The highest BCUT2D eigenvalue weighted by atomic mass is 14.7. The van der Waals surface area contributed by atoms with Crippen LogP contribution in [-0.2, 0) is 12.8 Å². The SMILES string of the molecule is CCCCCCc1ccc(-c2ccc(-c3ccc(CC)cc3)cc2)cn1. The lowest BCUT2D eigenvalue weighted by molar-refractivity contribution is 0.661. The van der Waals surface area contributed by atoms with Crippen LogP contribution in [0.3, 0.4) is 0 Å². The Balaban J connectivity index is 1.66. The van der Waals surface area contributed by atoms with Crippen LogP contribution < -0.4 is 0 Å². The van der Waals surface area contributed by atoms with E-state index in [1.807, 2.05) is 6.20 Å². The first-order valence-electron chi connectivity index (χ1n) is 9.95. The molecule has 1 heterocycles. The van der Waals surface area contributed by atoms with Gasteiger partial charge >= 0.3 is 0 Å². The van der Waals surface area contributed by atoms with Gasteiger partial charge in [0.15, 0.2) is 0 Å². The van der Waals surface area contributed by atoms with Crippen LogP contribution >= 0.6 is 0 Å².